The van der Waals surface area contributed by atoms with Crippen LogP contribution < -0.4 is 0 Å². The van der Waals surface area contributed by atoms with E-state index in [0.717, 1.165) is 29.7 Å². The minimum Gasteiger partial charge on any atom is -0.0730 e. The summed E-state index contributed by atoms with van der Waals surface area (Å²) < 4.78 is 0. The van der Waals surface area contributed by atoms with Crippen molar-refractivity contribution in [1.29, 1.82) is 0 Å². The Morgan fingerprint density at radius 3 is 1.91 bits per heavy atom. The molecule has 0 heteroatoms. The first-order valence-corrected chi connectivity index (χ1v) is 14.6. The molecule has 2 fully saturated rings. The third-order valence-electron chi connectivity index (χ3n) is 8.74. The highest BCUT2D eigenvalue weighted by molar-refractivity contribution is 5.39. The van der Waals surface area contributed by atoms with Crippen LogP contribution in [0.1, 0.15) is 125 Å². The maximum Gasteiger partial charge on any atom is 0.0249 e. The number of rotatable bonds is 8. The van der Waals surface area contributed by atoms with Gasteiger partial charge in [-0.15, -0.1) is 0 Å². The van der Waals surface area contributed by atoms with E-state index in [0.29, 0.717) is 5.92 Å². The van der Waals surface area contributed by atoms with Crippen LogP contribution in [0.5, 0.6) is 0 Å². The van der Waals surface area contributed by atoms with Crippen molar-refractivity contribution in [1.82, 2.24) is 0 Å². The van der Waals surface area contributed by atoms with Crippen LogP contribution in [0.25, 0.3) is 0 Å². The second-order valence-electron chi connectivity index (χ2n) is 11.2. The van der Waals surface area contributed by atoms with Gasteiger partial charge in [0, 0.05) is 5.56 Å². The maximum atomic E-state index is 3.36. The molecule has 2 aliphatic rings. The fraction of sp³-hybridized carbons (Fsp3) is 0.543. The Morgan fingerprint density at radius 2 is 1.31 bits per heavy atom. The second kappa shape index (κ2) is 13.7. The van der Waals surface area contributed by atoms with E-state index < -0.39 is 0 Å². The van der Waals surface area contributed by atoms with Crippen molar-refractivity contribution in [3.63, 3.8) is 0 Å². The van der Waals surface area contributed by atoms with E-state index in [1.54, 1.807) is 0 Å². The summed E-state index contributed by atoms with van der Waals surface area (Å²) in [5.74, 6) is 9.84. The number of hydrogen-bond acceptors (Lipinski definition) is 0. The van der Waals surface area contributed by atoms with Gasteiger partial charge in [0.15, 0.2) is 0 Å². The molecule has 2 aliphatic carbocycles. The lowest BCUT2D eigenvalue weighted by atomic mass is 9.77. The fourth-order valence-corrected chi connectivity index (χ4v) is 6.29. The summed E-state index contributed by atoms with van der Waals surface area (Å²) in [6, 6.07) is 18.5. The highest BCUT2D eigenvalue weighted by atomic mass is 14.3. The van der Waals surface area contributed by atoms with Gasteiger partial charge in [0.2, 0.25) is 0 Å². The maximum absolute atomic E-state index is 3.36. The van der Waals surface area contributed by atoms with Crippen LogP contribution in [0.2, 0.25) is 0 Å². The molecule has 0 aromatic heterocycles. The topological polar surface area (TPSA) is 0 Å². The van der Waals surface area contributed by atoms with Crippen LogP contribution in [0.15, 0.2) is 60.7 Å². The van der Waals surface area contributed by atoms with Crippen LogP contribution >= 0.6 is 0 Å². The van der Waals surface area contributed by atoms with E-state index in [1.165, 1.54) is 93.7 Å². The Balaban J connectivity index is 1.19. The number of hydrogen-bond donors (Lipinski definition) is 0. The van der Waals surface area contributed by atoms with Gasteiger partial charge in [0.25, 0.3) is 0 Å². The van der Waals surface area contributed by atoms with Crippen LogP contribution in [-0.4, -0.2) is 0 Å². The van der Waals surface area contributed by atoms with Crippen LogP contribution in [0.3, 0.4) is 0 Å². The molecule has 0 unspecified atom stereocenters. The minimum atomic E-state index is 0.690. The summed E-state index contributed by atoms with van der Waals surface area (Å²) in [5.41, 5.74) is 5.65. The average Bonchev–Trinajstić information content (AvgIpc) is 2.92. The zero-order valence-electron chi connectivity index (χ0n) is 22.3. The molecule has 0 nitrogen and oxygen atoms in total. The zero-order chi connectivity index (χ0) is 24.3. The SMILES string of the molecule is CCCCC[C@H]1CC[C@H](c2ccc(C#CC=C[C@H]3CC[C@H](c4ccc(CC)cc4)CC3)cc2)CC1. The van der Waals surface area contributed by atoms with Gasteiger partial charge >= 0.3 is 0 Å². The molecule has 4 rings (SSSR count). The molecule has 2 saturated carbocycles. The van der Waals surface area contributed by atoms with Crippen molar-refractivity contribution < 1.29 is 0 Å². The van der Waals surface area contributed by atoms with Gasteiger partial charge in [0.05, 0.1) is 0 Å². The Bertz CT molecular complexity index is 949. The van der Waals surface area contributed by atoms with E-state index >= 15 is 0 Å². The molecule has 35 heavy (non-hydrogen) atoms. The van der Waals surface area contributed by atoms with Crippen molar-refractivity contribution in [3.8, 4) is 11.8 Å². The Morgan fingerprint density at radius 1 is 0.714 bits per heavy atom. The summed E-state index contributed by atoms with van der Waals surface area (Å²) in [7, 11) is 0. The monoisotopic (exact) mass is 466 g/mol. The minimum absolute atomic E-state index is 0.690. The number of allylic oxidation sites excluding steroid dienone is 2. The van der Waals surface area contributed by atoms with E-state index in [2.05, 4.69) is 86.4 Å². The Kier molecular flexibility index (Phi) is 10.1. The molecule has 2 aromatic rings. The van der Waals surface area contributed by atoms with Crippen molar-refractivity contribution in [2.24, 2.45) is 11.8 Å². The quantitative estimate of drug-likeness (QED) is 0.268. The number of benzene rings is 2. The Hall–Kier alpha value is -2.26. The van der Waals surface area contributed by atoms with Gasteiger partial charge in [-0.1, -0.05) is 93.8 Å². The van der Waals surface area contributed by atoms with Gasteiger partial charge in [-0.3, -0.25) is 0 Å². The second-order valence-corrected chi connectivity index (χ2v) is 11.2. The van der Waals surface area contributed by atoms with E-state index in [4.69, 9.17) is 0 Å². The lowest BCUT2D eigenvalue weighted by molar-refractivity contribution is 0.303. The number of aryl methyl sites for hydroxylation is 1. The highest BCUT2D eigenvalue weighted by Gasteiger charge is 2.22. The predicted octanol–water partition coefficient (Wildman–Crippen LogP) is 9.98. The third kappa shape index (κ3) is 7.87. The molecule has 0 saturated heterocycles. The Labute approximate surface area is 215 Å². The highest BCUT2D eigenvalue weighted by Crippen LogP contribution is 2.38. The average molecular weight is 467 g/mol. The molecule has 0 atom stereocenters. The molecule has 0 N–H and O–H groups in total. The van der Waals surface area contributed by atoms with Crippen molar-refractivity contribution >= 4 is 0 Å². The molecular weight excluding hydrogens is 420 g/mol. The first kappa shape index (κ1) is 25.8. The molecule has 0 amide bonds. The van der Waals surface area contributed by atoms with Crippen molar-refractivity contribution in [3.05, 3.63) is 82.9 Å². The summed E-state index contributed by atoms with van der Waals surface area (Å²) in [4.78, 5) is 0. The molecule has 186 valence electrons. The van der Waals surface area contributed by atoms with Gasteiger partial charge < -0.3 is 0 Å². The molecule has 0 spiro atoms. The van der Waals surface area contributed by atoms with Gasteiger partial charge in [-0.2, -0.15) is 0 Å². The molecule has 0 bridgehead atoms. The van der Waals surface area contributed by atoms with Crippen molar-refractivity contribution in [2.45, 2.75) is 109 Å². The lowest BCUT2D eigenvalue weighted by Crippen LogP contribution is -2.13. The molecule has 2 aromatic carbocycles. The van der Waals surface area contributed by atoms with Crippen LogP contribution in [-0.2, 0) is 6.42 Å². The summed E-state index contributed by atoms with van der Waals surface area (Å²) in [6.45, 7) is 4.53. The van der Waals surface area contributed by atoms with Gasteiger partial charge in [0.1, 0.15) is 0 Å². The van der Waals surface area contributed by atoms with E-state index in [1.807, 2.05) is 0 Å². The van der Waals surface area contributed by atoms with Crippen LogP contribution in [0, 0.1) is 23.7 Å². The summed E-state index contributed by atoms with van der Waals surface area (Å²) in [6.07, 6.45) is 22.0. The van der Waals surface area contributed by atoms with E-state index in [-0.39, 0.29) is 0 Å². The summed E-state index contributed by atoms with van der Waals surface area (Å²) in [5, 5.41) is 0. The van der Waals surface area contributed by atoms with Crippen LogP contribution in [0.4, 0.5) is 0 Å². The number of unbranched alkanes of at least 4 members (excludes halogenated alkanes) is 2. The lowest BCUT2D eigenvalue weighted by Gasteiger charge is -2.29. The molecule has 0 radical (unpaired) electrons. The van der Waals surface area contributed by atoms with E-state index in [9.17, 15) is 0 Å². The largest absolute Gasteiger partial charge is 0.0730 e. The summed E-state index contributed by atoms with van der Waals surface area (Å²) >= 11 is 0. The smallest absolute Gasteiger partial charge is 0.0249 e. The van der Waals surface area contributed by atoms with Gasteiger partial charge in [-0.25, -0.2) is 0 Å². The predicted molar refractivity (Wildman–Crippen MR) is 152 cm³/mol. The molecular formula is C35H46. The fourth-order valence-electron chi connectivity index (χ4n) is 6.29. The normalized spacial score (nSPS) is 24.7. The third-order valence-corrected chi connectivity index (χ3v) is 8.74. The zero-order valence-corrected chi connectivity index (χ0v) is 22.3. The first-order chi connectivity index (χ1) is 17.2. The molecule has 0 heterocycles. The van der Waals surface area contributed by atoms with Gasteiger partial charge in [-0.05, 0) is 116 Å². The first-order valence-electron chi connectivity index (χ1n) is 14.6. The van der Waals surface area contributed by atoms with Crippen molar-refractivity contribution in [2.75, 3.05) is 0 Å². The molecule has 0 aliphatic heterocycles. The standard InChI is InChI=1S/C35H46/c1-3-5-6-9-29-14-22-34(23-15-29)35-26-18-31(19-27-35)11-8-7-10-30-16-24-33(25-17-30)32-20-12-28(4-2)13-21-32/h7,10,12-13,18-21,26-27,29-30,33-34H,3-6,9,14-17,22-25H2,1-2H3/t29-,30-,33-,34-.